The molecule has 0 saturated carbocycles. The maximum Gasteiger partial charge on any atom is 0.416 e. The quantitative estimate of drug-likeness (QED) is 0.239. The van der Waals surface area contributed by atoms with Crippen LogP contribution in [-0.4, -0.2) is 26.4 Å². The van der Waals surface area contributed by atoms with Crippen molar-refractivity contribution in [3.05, 3.63) is 118 Å². The second-order valence-corrected chi connectivity index (χ2v) is 9.59. The third-order valence-corrected chi connectivity index (χ3v) is 6.89. The van der Waals surface area contributed by atoms with Gasteiger partial charge in [-0.3, -0.25) is 9.59 Å². The molecule has 0 aliphatic carbocycles. The molecule has 206 valence electrons. The first-order valence-corrected chi connectivity index (χ1v) is 12.3. The zero-order valence-electron chi connectivity index (χ0n) is 20.4. The van der Waals surface area contributed by atoms with Crippen LogP contribution < -0.4 is 10.6 Å². The van der Waals surface area contributed by atoms with Gasteiger partial charge in [0.25, 0.3) is 11.8 Å². The number of alkyl halides is 3. The van der Waals surface area contributed by atoms with E-state index in [-0.39, 0.29) is 33.5 Å². The maximum atomic E-state index is 14.2. The minimum Gasteiger partial charge on any atom is -0.341 e. The number of nitrogens with one attached hydrogen (secondary N) is 2. The first-order valence-electron chi connectivity index (χ1n) is 11.9. The van der Waals surface area contributed by atoms with Crippen molar-refractivity contribution in [2.75, 3.05) is 5.32 Å². The van der Waals surface area contributed by atoms with Gasteiger partial charge >= 0.3 is 6.18 Å². The molecule has 2 N–H and O–H groups in total. The van der Waals surface area contributed by atoms with Gasteiger partial charge < -0.3 is 10.6 Å². The molecule has 1 aliphatic heterocycles. The van der Waals surface area contributed by atoms with Crippen LogP contribution in [0.1, 0.15) is 43.4 Å². The van der Waals surface area contributed by atoms with Gasteiger partial charge in [0.05, 0.1) is 17.3 Å². The van der Waals surface area contributed by atoms with Crippen LogP contribution in [0.2, 0.25) is 5.02 Å². The highest BCUT2D eigenvalue weighted by Gasteiger charge is 2.36. The van der Waals surface area contributed by atoms with E-state index in [4.69, 9.17) is 11.6 Å². The van der Waals surface area contributed by atoms with E-state index in [2.05, 4.69) is 20.7 Å². The Labute approximate surface area is 232 Å². The predicted molar refractivity (Wildman–Crippen MR) is 138 cm³/mol. The third-order valence-electron chi connectivity index (χ3n) is 6.54. The maximum absolute atomic E-state index is 14.2. The number of anilines is 1. The Bertz CT molecular complexity index is 1890. The van der Waals surface area contributed by atoms with Gasteiger partial charge in [-0.2, -0.15) is 18.3 Å². The molecule has 1 aliphatic rings. The van der Waals surface area contributed by atoms with Crippen molar-refractivity contribution in [2.24, 2.45) is 0 Å². The van der Waals surface area contributed by atoms with Gasteiger partial charge in [0.1, 0.15) is 11.6 Å². The van der Waals surface area contributed by atoms with Crippen molar-refractivity contribution < 1.29 is 31.5 Å². The van der Waals surface area contributed by atoms with Crippen LogP contribution in [0.25, 0.3) is 16.9 Å². The molecule has 6 rings (SSSR count). The van der Waals surface area contributed by atoms with Crippen LogP contribution in [0, 0.1) is 11.6 Å². The molecular formula is C28H15ClF5N5O2. The Morgan fingerprint density at radius 3 is 2.59 bits per heavy atom. The molecule has 3 aromatic carbocycles. The molecule has 2 amide bonds. The standard InChI is InChI=1S/C28H15ClF5N5O2/c29-20-2-1-16(30)12-18(20)25-24-19(27(41)37-25)9-13(21-3-4-23-35-5-6-39(23)38-21)10-22(24)36-26(40)14-7-15(28(32,33)34)11-17(31)8-14/h1-12,25H,(H,36,40)(H,37,41). The molecule has 13 heteroatoms. The molecule has 5 aromatic rings. The summed E-state index contributed by atoms with van der Waals surface area (Å²) < 4.78 is 69.6. The summed E-state index contributed by atoms with van der Waals surface area (Å²) in [6, 6.07) is 10.3. The summed E-state index contributed by atoms with van der Waals surface area (Å²) in [5, 5.41) is 9.80. The number of aromatic nitrogens is 3. The van der Waals surface area contributed by atoms with Crippen LogP contribution in [0.4, 0.5) is 27.6 Å². The van der Waals surface area contributed by atoms with E-state index in [1.165, 1.54) is 28.9 Å². The number of rotatable bonds is 4. The fourth-order valence-corrected chi connectivity index (χ4v) is 4.93. The summed E-state index contributed by atoms with van der Waals surface area (Å²) in [6.45, 7) is 0. The van der Waals surface area contributed by atoms with Gasteiger partial charge in [-0.05, 0) is 60.7 Å². The van der Waals surface area contributed by atoms with Gasteiger partial charge in [-0.25, -0.2) is 18.3 Å². The number of amides is 2. The molecular weight excluding hydrogens is 569 g/mol. The average molecular weight is 584 g/mol. The molecule has 2 aromatic heterocycles. The average Bonchev–Trinajstić information content (AvgIpc) is 3.53. The fourth-order valence-electron chi connectivity index (χ4n) is 4.70. The van der Waals surface area contributed by atoms with Gasteiger partial charge in [0, 0.05) is 50.9 Å². The second-order valence-electron chi connectivity index (χ2n) is 9.19. The number of benzene rings is 3. The molecule has 0 saturated heterocycles. The van der Waals surface area contributed by atoms with E-state index in [0.29, 0.717) is 29.0 Å². The smallest absolute Gasteiger partial charge is 0.341 e. The first-order chi connectivity index (χ1) is 19.5. The minimum atomic E-state index is -4.90. The number of nitrogens with zero attached hydrogens (tertiary/aromatic N) is 3. The Balaban J connectivity index is 1.51. The number of carbonyl (C=O) groups excluding carboxylic acids is 2. The van der Waals surface area contributed by atoms with E-state index in [9.17, 15) is 31.5 Å². The van der Waals surface area contributed by atoms with Gasteiger partial charge in [0.2, 0.25) is 0 Å². The first kappa shape index (κ1) is 26.4. The predicted octanol–water partition coefficient (Wildman–Crippen LogP) is 6.43. The number of halogens is 6. The lowest BCUT2D eigenvalue weighted by Gasteiger charge is -2.19. The highest BCUT2D eigenvalue weighted by Crippen LogP contribution is 2.42. The Morgan fingerprint density at radius 1 is 1.00 bits per heavy atom. The van der Waals surface area contributed by atoms with Crippen LogP contribution in [-0.2, 0) is 6.18 Å². The zero-order chi connectivity index (χ0) is 29.1. The van der Waals surface area contributed by atoms with Gasteiger partial charge in [-0.15, -0.1) is 0 Å². The number of hydrogen-bond donors (Lipinski definition) is 2. The largest absolute Gasteiger partial charge is 0.416 e. The highest BCUT2D eigenvalue weighted by atomic mass is 35.5. The minimum absolute atomic E-state index is 0.00322. The molecule has 7 nitrogen and oxygen atoms in total. The van der Waals surface area contributed by atoms with Crippen molar-refractivity contribution >= 4 is 34.7 Å². The summed E-state index contributed by atoms with van der Waals surface area (Å²) >= 11 is 6.32. The van der Waals surface area contributed by atoms with Crippen LogP contribution in [0.15, 0.2) is 73.1 Å². The second kappa shape index (κ2) is 9.66. The lowest BCUT2D eigenvalue weighted by Crippen LogP contribution is -2.21. The number of imidazole rings is 1. The van der Waals surface area contributed by atoms with Crippen molar-refractivity contribution in [1.82, 2.24) is 19.9 Å². The molecule has 0 fully saturated rings. The van der Waals surface area contributed by atoms with Crippen LogP contribution in [0.3, 0.4) is 0 Å². The summed E-state index contributed by atoms with van der Waals surface area (Å²) in [5.41, 5.74) is -0.199. The number of fused-ring (bicyclic) bond motifs is 2. The number of carbonyl (C=O) groups is 2. The van der Waals surface area contributed by atoms with Gasteiger partial charge in [0.15, 0.2) is 5.65 Å². The molecule has 3 heterocycles. The SMILES string of the molecule is O=C(Nc1cc(-c2ccc3nccn3n2)cc2c1C(c1cc(F)ccc1Cl)NC2=O)c1cc(F)cc(C(F)(F)F)c1. The van der Waals surface area contributed by atoms with Crippen molar-refractivity contribution in [3.63, 3.8) is 0 Å². The lowest BCUT2D eigenvalue weighted by molar-refractivity contribution is -0.137. The monoisotopic (exact) mass is 583 g/mol. The Hall–Kier alpha value is -4.84. The van der Waals surface area contributed by atoms with Gasteiger partial charge in [-0.1, -0.05) is 11.6 Å². The van der Waals surface area contributed by atoms with E-state index < -0.39 is 46.8 Å². The molecule has 1 unspecified atom stereocenters. The molecule has 0 bridgehead atoms. The van der Waals surface area contributed by atoms with Crippen LogP contribution >= 0.6 is 11.6 Å². The zero-order valence-corrected chi connectivity index (χ0v) is 21.2. The Kier molecular flexibility index (Phi) is 6.22. The molecule has 0 spiro atoms. The molecule has 0 radical (unpaired) electrons. The fraction of sp³-hybridized carbons (Fsp3) is 0.0714. The molecule has 41 heavy (non-hydrogen) atoms. The normalized spacial score (nSPS) is 14.7. The van der Waals surface area contributed by atoms with Crippen molar-refractivity contribution in [3.8, 4) is 11.3 Å². The van der Waals surface area contributed by atoms with E-state index in [1.54, 1.807) is 18.3 Å². The van der Waals surface area contributed by atoms with E-state index >= 15 is 0 Å². The topological polar surface area (TPSA) is 88.4 Å². The van der Waals surface area contributed by atoms with Crippen molar-refractivity contribution in [1.29, 1.82) is 0 Å². The summed E-state index contributed by atoms with van der Waals surface area (Å²) in [7, 11) is 0. The lowest BCUT2D eigenvalue weighted by atomic mass is 9.93. The third kappa shape index (κ3) is 4.86. The number of hydrogen-bond acceptors (Lipinski definition) is 4. The Morgan fingerprint density at radius 2 is 1.80 bits per heavy atom. The summed E-state index contributed by atoms with van der Waals surface area (Å²) in [4.78, 5) is 30.5. The van der Waals surface area contributed by atoms with E-state index in [1.807, 2.05) is 0 Å². The summed E-state index contributed by atoms with van der Waals surface area (Å²) in [5.74, 6) is -3.54. The molecule has 1 atom stereocenters. The summed E-state index contributed by atoms with van der Waals surface area (Å²) in [6.07, 6.45) is -1.76. The van der Waals surface area contributed by atoms with E-state index in [0.717, 1.165) is 12.1 Å². The van der Waals surface area contributed by atoms with Crippen molar-refractivity contribution in [2.45, 2.75) is 12.2 Å². The van der Waals surface area contributed by atoms with Crippen LogP contribution in [0.5, 0.6) is 0 Å². The highest BCUT2D eigenvalue weighted by molar-refractivity contribution is 6.31.